The molecule has 6 nitrogen and oxygen atoms in total. The summed E-state index contributed by atoms with van der Waals surface area (Å²) in [4.78, 5) is 27.6. The van der Waals surface area contributed by atoms with Crippen LogP contribution in [0.5, 0.6) is 0 Å². The number of carbonyl (C=O) groups excluding carboxylic acids is 1. The van der Waals surface area contributed by atoms with Crippen LogP contribution in [0.4, 0.5) is 0 Å². The quantitative estimate of drug-likeness (QED) is 0.881. The molecule has 1 aliphatic carbocycles. The lowest BCUT2D eigenvalue weighted by molar-refractivity contribution is -0.146. The van der Waals surface area contributed by atoms with Gasteiger partial charge in [0, 0.05) is 0 Å². The third kappa shape index (κ3) is 2.69. The first kappa shape index (κ1) is 14.6. The maximum absolute atomic E-state index is 12.2. The molecule has 2 N–H and O–H groups in total. The van der Waals surface area contributed by atoms with Gasteiger partial charge in [0.15, 0.2) is 12.1 Å². The summed E-state index contributed by atoms with van der Waals surface area (Å²) in [7, 11) is 0. The zero-order valence-electron chi connectivity index (χ0n) is 11.8. The van der Waals surface area contributed by atoms with Crippen molar-refractivity contribution >= 4 is 11.9 Å². The summed E-state index contributed by atoms with van der Waals surface area (Å²) in [6.45, 7) is 3.74. The Labute approximate surface area is 117 Å². The molecule has 1 aliphatic rings. The molecule has 1 amide bonds. The average Bonchev–Trinajstić information content (AvgIpc) is 2.85. The molecule has 0 spiro atoms. The molecule has 20 heavy (non-hydrogen) atoms. The van der Waals surface area contributed by atoms with Gasteiger partial charge in [-0.3, -0.25) is 4.79 Å². The van der Waals surface area contributed by atoms with Gasteiger partial charge in [0.2, 0.25) is 0 Å². The number of carboxylic acid groups (broad SMARTS) is 1. The van der Waals surface area contributed by atoms with Crippen molar-refractivity contribution in [1.82, 2.24) is 10.3 Å². The fraction of sp³-hybridized carbons (Fsp3) is 0.643. The Bertz CT molecular complexity index is 501. The van der Waals surface area contributed by atoms with Crippen molar-refractivity contribution in [1.29, 1.82) is 0 Å². The summed E-state index contributed by atoms with van der Waals surface area (Å²) >= 11 is 0. The minimum absolute atomic E-state index is 0.156. The fourth-order valence-corrected chi connectivity index (χ4v) is 2.77. The van der Waals surface area contributed by atoms with Crippen molar-refractivity contribution in [2.45, 2.75) is 51.5 Å². The van der Waals surface area contributed by atoms with Crippen LogP contribution in [0.2, 0.25) is 0 Å². The first-order valence-corrected chi connectivity index (χ1v) is 6.94. The van der Waals surface area contributed by atoms with Crippen molar-refractivity contribution in [3.8, 4) is 0 Å². The van der Waals surface area contributed by atoms with E-state index in [0.29, 0.717) is 24.5 Å². The number of aryl methyl sites for hydroxylation is 1. The standard InChI is InChI=1S/C14H20N2O4/c1-3-10-4-6-14(7-5-10,13(18)19)16-12(17)11-9(2)20-8-15-11/h8,10H,3-7H2,1-2H3,(H,16,17)(H,18,19). The SMILES string of the molecule is CCC1CCC(NC(=O)c2ncoc2C)(C(=O)O)CC1. The van der Waals surface area contributed by atoms with Gasteiger partial charge in [-0.2, -0.15) is 0 Å². The van der Waals surface area contributed by atoms with Crippen LogP contribution in [-0.2, 0) is 4.79 Å². The topological polar surface area (TPSA) is 92.4 Å². The van der Waals surface area contributed by atoms with Gasteiger partial charge in [-0.1, -0.05) is 13.3 Å². The minimum atomic E-state index is -1.17. The van der Waals surface area contributed by atoms with Crippen LogP contribution in [0.25, 0.3) is 0 Å². The largest absolute Gasteiger partial charge is 0.480 e. The number of rotatable bonds is 4. The number of nitrogens with one attached hydrogen (secondary N) is 1. The molecule has 1 saturated carbocycles. The van der Waals surface area contributed by atoms with E-state index in [0.717, 1.165) is 19.3 Å². The highest BCUT2D eigenvalue weighted by atomic mass is 16.4. The predicted octanol–water partition coefficient (Wildman–Crippen LogP) is 2.14. The lowest BCUT2D eigenvalue weighted by Gasteiger charge is -2.37. The summed E-state index contributed by atoms with van der Waals surface area (Å²) in [5.74, 6) is -0.506. The summed E-state index contributed by atoms with van der Waals surface area (Å²) in [6, 6.07) is 0. The molecule has 0 bridgehead atoms. The number of amides is 1. The van der Waals surface area contributed by atoms with Gasteiger partial charge in [-0.15, -0.1) is 0 Å². The molecule has 6 heteroatoms. The van der Waals surface area contributed by atoms with Gasteiger partial charge < -0.3 is 14.8 Å². The Morgan fingerprint density at radius 3 is 2.60 bits per heavy atom. The molecule has 0 atom stereocenters. The maximum atomic E-state index is 12.2. The number of nitrogens with zero attached hydrogens (tertiary/aromatic N) is 1. The summed E-state index contributed by atoms with van der Waals surface area (Å²) in [5, 5.41) is 12.2. The number of aliphatic carboxylic acids is 1. The first-order chi connectivity index (χ1) is 9.48. The van der Waals surface area contributed by atoms with E-state index in [-0.39, 0.29) is 5.69 Å². The van der Waals surface area contributed by atoms with E-state index in [9.17, 15) is 14.7 Å². The Morgan fingerprint density at radius 2 is 2.15 bits per heavy atom. The van der Waals surface area contributed by atoms with Crippen LogP contribution in [0.1, 0.15) is 55.3 Å². The lowest BCUT2D eigenvalue weighted by atomic mass is 9.75. The zero-order chi connectivity index (χ0) is 14.8. The third-order valence-corrected chi connectivity index (χ3v) is 4.26. The molecule has 0 saturated heterocycles. The average molecular weight is 280 g/mol. The highest BCUT2D eigenvalue weighted by Gasteiger charge is 2.43. The highest BCUT2D eigenvalue weighted by Crippen LogP contribution is 2.34. The van der Waals surface area contributed by atoms with E-state index in [1.807, 2.05) is 0 Å². The van der Waals surface area contributed by atoms with Gasteiger partial charge in [-0.05, 0) is 38.5 Å². The number of hydrogen-bond donors (Lipinski definition) is 2. The summed E-state index contributed by atoms with van der Waals surface area (Å²) in [5.41, 5.74) is -1.02. The van der Waals surface area contributed by atoms with Gasteiger partial charge in [0.1, 0.15) is 11.3 Å². The molecule has 0 aliphatic heterocycles. The molecule has 0 radical (unpaired) electrons. The number of carboxylic acids is 1. The van der Waals surface area contributed by atoms with E-state index < -0.39 is 17.4 Å². The number of oxazole rings is 1. The van der Waals surface area contributed by atoms with E-state index in [2.05, 4.69) is 17.2 Å². The van der Waals surface area contributed by atoms with Gasteiger partial charge in [0.05, 0.1) is 0 Å². The second kappa shape index (κ2) is 5.64. The number of hydrogen-bond acceptors (Lipinski definition) is 4. The number of aromatic nitrogens is 1. The molecular formula is C14H20N2O4. The van der Waals surface area contributed by atoms with E-state index in [1.54, 1.807) is 6.92 Å². The first-order valence-electron chi connectivity index (χ1n) is 6.94. The molecular weight excluding hydrogens is 260 g/mol. The molecule has 2 rings (SSSR count). The van der Waals surface area contributed by atoms with Gasteiger partial charge in [-0.25, -0.2) is 9.78 Å². The van der Waals surface area contributed by atoms with Crippen molar-refractivity contribution in [2.75, 3.05) is 0 Å². The summed E-state index contributed by atoms with van der Waals surface area (Å²) in [6.07, 6.45) is 4.80. The van der Waals surface area contributed by atoms with Crippen LogP contribution >= 0.6 is 0 Å². The third-order valence-electron chi connectivity index (χ3n) is 4.26. The molecule has 1 aromatic rings. The van der Waals surface area contributed by atoms with Crippen LogP contribution in [-0.4, -0.2) is 27.5 Å². The van der Waals surface area contributed by atoms with Crippen molar-refractivity contribution in [3.63, 3.8) is 0 Å². The molecule has 1 fully saturated rings. The second-order valence-electron chi connectivity index (χ2n) is 5.45. The minimum Gasteiger partial charge on any atom is -0.480 e. The fourth-order valence-electron chi connectivity index (χ4n) is 2.77. The van der Waals surface area contributed by atoms with E-state index in [1.165, 1.54) is 6.39 Å². The number of carbonyl (C=O) groups is 2. The predicted molar refractivity (Wildman–Crippen MR) is 71.3 cm³/mol. The highest BCUT2D eigenvalue weighted by molar-refractivity contribution is 5.97. The van der Waals surface area contributed by atoms with Crippen molar-refractivity contribution < 1.29 is 19.1 Å². The van der Waals surface area contributed by atoms with Gasteiger partial charge in [0.25, 0.3) is 5.91 Å². The lowest BCUT2D eigenvalue weighted by Crippen LogP contribution is -2.56. The Morgan fingerprint density at radius 1 is 1.50 bits per heavy atom. The Kier molecular flexibility index (Phi) is 4.11. The van der Waals surface area contributed by atoms with Crippen molar-refractivity contribution in [3.05, 3.63) is 17.8 Å². The van der Waals surface area contributed by atoms with Crippen LogP contribution < -0.4 is 5.32 Å². The normalized spacial score (nSPS) is 26.2. The van der Waals surface area contributed by atoms with Crippen LogP contribution in [0.15, 0.2) is 10.8 Å². The van der Waals surface area contributed by atoms with Crippen LogP contribution in [0, 0.1) is 12.8 Å². The molecule has 1 aromatic heterocycles. The molecule has 0 unspecified atom stereocenters. The summed E-state index contributed by atoms with van der Waals surface area (Å²) < 4.78 is 4.98. The smallest absolute Gasteiger partial charge is 0.329 e. The monoisotopic (exact) mass is 280 g/mol. The molecule has 110 valence electrons. The van der Waals surface area contributed by atoms with E-state index >= 15 is 0 Å². The molecule has 0 aromatic carbocycles. The van der Waals surface area contributed by atoms with Crippen LogP contribution in [0.3, 0.4) is 0 Å². The van der Waals surface area contributed by atoms with Gasteiger partial charge >= 0.3 is 5.97 Å². The van der Waals surface area contributed by atoms with Crippen molar-refractivity contribution in [2.24, 2.45) is 5.92 Å². The maximum Gasteiger partial charge on any atom is 0.329 e. The zero-order valence-corrected chi connectivity index (χ0v) is 11.8. The second-order valence-corrected chi connectivity index (χ2v) is 5.45. The van der Waals surface area contributed by atoms with E-state index in [4.69, 9.17) is 4.42 Å². The Hall–Kier alpha value is -1.85. The molecule has 1 heterocycles. The Balaban J connectivity index is 2.13.